The summed E-state index contributed by atoms with van der Waals surface area (Å²) in [7, 11) is 0. The smallest absolute Gasteiger partial charge is 0.137 e. The molecule has 0 bridgehead atoms. The van der Waals surface area contributed by atoms with E-state index in [-0.39, 0.29) is 11.9 Å². The van der Waals surface area contributed by atoms with Crippen molar-refractivity contribution in [2.75, 3.05) is 5.75 Å². The third kappa shape index (κ3) is 3.35. The molecule has 1 aromatic heterocycles. The lowest BCUT2D eigenvalue weighted by atomic mass is 10.3. The van der Waals surface area contributed by atoms with E-state index in [1.807, 2.05) is 6.07 Å². The average Bonchev–Trinajstić information content (AvgIpc) is 2.79. The lowest BCUT2D eigenvalue weighted by molar-refractivity contribution is 0.438. The lowest BCUT2D eigenvalue weighted by Gasteiger charge is -2.13. The van der Waals surface area contributed by atoms with Gasteiger partial charge < -0.3 is 4.42 Å². The fraction of sp³-hybridized carbons (Fsp3) is 0.167. The van der Waals surface area contributed by atoms with Crippen molar-refractivity contribution in [1.29, 1.82) is 0 Å². The molecule has 0 amide bonds. The maximum absolute atomic E-state index is 12.8. The Morgan fingerprint density at radius 3 is 2.61 bits per heavy atom. The molecule has 18 heavy (non-hydrogen) atoms. The predicted octanol–water partition coefficient (Wildman–Crippen LogP) is 3.48. The molecule has 3 nitrogen and oxygen atoms in total. The number of halogens is 2. The summed E-state index contributed by atoms with van der Waals surface area (Å²) in [5.41, 5.74) is 2.71. The third-order valence-electron chi connectivity index (χ3n) is 2.39. The monoisotopic (exact) mass is 330 g/mol. The molecule has 3 N–H and O–H groups in total. The highest BCUT2D eigenvalue weighted by Crippen LogP contribution is 2.29. The van der Waals surface area contributed by atoms with Gasteiger partial charge in [0.1, 0.15) is 11.6 Å². The highest BCUT2D eigenvalue weighted by atomic mass is 79.9. The summed E-state index contributed by atoms with van der Waals surface area (Å²) in [6.07, 6.45) is 1.60. The molecule has 1 aromatic carbocycles. The number of thioether (sulfide) groups is 1. The molecule has 0 aliphatic heterocycles. The van der Waals surface area contributed by atoms with Gasteiger partial charge in [0.05, 0.1) is 16.8 Å². The minimum Gasteiger partial charge on any atom is -0.466 e. The minimum atomic E-state index is -0.235. The van der Waals surface area contributed by atoms with Crippen molar-refractivity contribution < 1.29 is 8.81 Å². The van der Waals surface area contributed by atoms with Crippen LogP contribution >= 0.6 is 27.7 Å². The van der Waals surface area contributed by atoms with Crippen LogP contribution in [0.25, 0.3) is 0 Å². The van der Waals surface area contributed by atoms with E-state index in [0.717, 1.165) is 15.1 Å². The van der Waals surface area contributed by atoms with Gasteiger partial charge in [0.2, 0.25) is 0 Å². The van der Waals surface area contributed by atoms with Gasteiger partial charge >= 0.3 is 0 Å². The molecule has 6 heteroatoms. The summed E-state index contributed by atoms with van der Waals surface area (Å²) < 4.78 is 19.0. The molecule has 1 heterocycles. The van der Waals surface area contributed by atoms with Crippen molar-refractivity contribution in [3.63, 3.8) is 0 Å². The summed E-state index contributed by atoms with van der Waals surface area (Å²) in [6, 6.07) is 8.08. The van der Waals surface area contributed by atoms with Gasteiger partial charge in [0.25, 0.3) is 0 Å². The zero-order chi connectivity index (χ0) is 13.0. The Hall–Kier alpha value is -0.820. The molecule has 0 saturated heterocycles. The first-order valence-corrected chi connectivity index (χ1v) is 7.06. The Balaban J connectivity index is 2.00. The summed E-state index contributed by atoms with van der Waals surface area (Å²) in [4.78, 5) is 0.985. The maximum atomic E-state index is 12.8. The van der Waals surface area contributed by atoms with Crippen LogP contribution in [0.2, 0.25) is 0 Å². The second-order valence-electron chi connectivity index (χ2n) is 3.62. The van der Waals surface area contributed by atoms with Crippen molar-refractivity contribution in [2.24, 2.45) is 5.84 Å². The van der Waals surface area contributed by atoms with Gasteiger partial charge in [-0.05, 0) is 46.3 Å². The van der Waals surface area contributed by atoms with Gasteiger partial charge in [0.15, 0.2) is 0 Å². The van der Waals surface area contributed by atoms with Gasteiger partial charge in [-0.2, -0.15) is 0 Å². The Morgan fingerprint density at radius 2 is 2.06 bits per heavy atom. The van der Waals surface area contributed by atoms with Crippen LogP contribution < -0.4 is 11.3 Å². The molecule has 1 unspecified atom stereocenters. The number of rotatable bonds is 5. The fourth-order valence-electron chi connectivity index (χ4n) is 1.46. The summed E-state index contributed by atoms with van der Waals surface area (Å²) >= 11 is 4.97. The third-order valence-corrected chi connectivity index (χ3v) is 4.15. The Morgan fingerprint density at radius 1 is 1.33 bits per heavy atom. The summed E-state index contributed by atoms with van der Waals surface area (Å²) in [5.74, 6) is 6.73. The van der Waals surface area contributed by atoms with Crippen molar-refractivity contribution in [2.45, 2.75) is 10.9 Å². The number of benzene rings is 1. The molecule has 0 aliphatic rings. The molecule has 0 fully saturated rings. The number of hydrogen-bond acceptors (Lipinski definition) is 4. The van der Waals surface area contributed by atoms with Gasteiger partial charge in [-0.3, -0.25) is 5.84 Å². The average molecular weight is 331 g/mol. The van der Waals surface area contributed by atoms with Crippen LogP contribution in [0.1, 0.15) is 11.8 Å². The molecule has 2 aromatic rings. The van der Waals surface area contributed by atoms with Gasteiger partial charge in [0, 0.05) is 10.6 Å². The molecule has 0 radical (unpaired) electrons. The van der Waals surface area contributed by atoms with E-state index in [1.165, 1.54) is 12.1 Å². The van der Waals surface area contributed by atoms with E-state index in [9.17, 15) is 4.39 Å². The Labute approximate surface area is 117 Å². The van der Waals surface area contributed by atoms with Crippen molar-refractivity contribution >= 4 is 27.7 Å². The molecular formula is C12H12BrFN2OS. The highest BCUT2D eigenvalue weighted by molar-refractivity contribution is 9.10. The summed E-state index contributed by atoms with van der Waals surface area (Å²) in [6.45, 7) is 0. The van der Waals surface area contributed by atoms with Gasteiger partial charge in [-0.25, -0.2) is 9.82 Å². The molecule has 0 aliphatic carbocycles. The predicted molar refractivity (Wildman–Crippen MR) is 73.6 cm³/mol. The van der Waals surface area contributed by atoms with Crippen molar-refractivity contribution in [3.05, 3.63) is 52.6 Å². The first-order chi connectivity index (χ1) is 8.70. The van der Waals surface area contributed by atoms with Crippen LogP contribution in [0.4, 0.5) is 4.39 Å². The molecule has 2 rings (SSSR count). The van der Waals surface area contributed by atoms with Crippen LogP contribution in [0.3, 0.4) is 0 Å². The van der Waals surface area contributed by atoms with Crippen molar-refractivity contribution in [3.8, 4) is 0 Å². The molecule has 0 saturated carbocycles. The van der Waals surface area contributed by atoms with E-state index in [1.54, 1.807) is 30.2 Å². The summed E-state index contributed by atoms with van der Waals surface area (Å²) in [5, 5.41) is 0. The maximum Gasteiger partial charge on any atom is 0.137 e. The zero-order valence-corrected chi connectivity index (χ0v) is 11.8. The van der Waals surface area contributed by atoms with Crippen LogP contribution in [0.5, 0.6) is 0 Å². The van der Waals surface area contributed by atoms with E-state index >= 15 is 0 Å². The number of hydrazine groups is 1. The largest absolute Gasteiger partial charge is 0.466 e. The Bertz CT molecular complexity index is 503. The SMILES string of the molecule is NNC(CSc1ccc(F)cc1)c1occc1Br. The standard InChI is InChI=1S/C12H12BrFN2OS/c13-10-5-6-17-12(10)11(16-15)7-18-9-3-1-8(14)2-4-9/h1-6,11,16H,7,15H2. The lowest BCUT2D eigenvalue weighted by Crippen LogP contribution is -2.29. The van der Waals surface area contributed by atoms with E-state index in [0.29, 0.717) is 5.75 Å². The number of nitrogens with two attached hydrogens (primary N) is 1. The van der Waals surface area contributed by atoms with Crippen LogP contribution in [-0.2, 0) is 0 Å². The quantitative estimate of drug-likeness (QED) is 0.500. The normalized spacial score (nSPS) is 12.6. The van der Waals surface area contributed by atoms with Gasteiger partial charge in [-0.15, -0.1) is 11.8 Å². The van der Waals surface area contributed by atoms with Crippen LogP contribution in [0, 0.1) is 5.82 Å². The second-order valence-corrected chi connectivity index (χ2v) is 5.56. The molecule has 0 spiro atoms. The fourth-order valence-corrected chi connectivity index (χ4v) is 2.88. The molecule has 1 atom stereocenters. The molecule has 96 valence electrons. The van der Waals surface area contributed by atoms with Crippen LogP contribution in [-0.4, -0.2) is 5.75 Å². The zero-order valence-electron chi connectivity index (χ0n) is 9.40. The van der Waals surface area contributed by atoms with E-state index in [2.05, 4.69) is 21.4 Å². The number of nitrogens with one attached hydrogen (secondary N) is 1. The number of hydrogen-bond donors (Lipinski definition) is 2. The molecular weight excluding hydrogens is 319 g/mol. The topological polar surface area (TPSA) is 51.2 Å². The van der Waals surface area contributed by atoms with E-state index < -0.39 is 0 Å². The minimum absolute atomic E-state index is 0.107. The highest BCUT2D eigenvalue weighted by Gasteiger charge is 2.16. The van der Waals surface area contributed by atoms with Crippen LogP contribution in [0.15, 0.2) is 50.4 Å². The van der Waals surface area contributed by atoms with Gasteiger partial charge in [-0.1, -0.05) is 0 Å². The second kappa shape index (κ2) is 6.38. The van der Waals surface area contributed by atoms with Crippen molar-refractivity contribution in [1.82, 2.24) is 5.43 Å². The number of furan rings is 1. The van der Waals surface area contributed by atoms with E-state index in [4.69, 9.17) is 10.3 Å². The first-order valence-electron chi connectivity index (χ1n) is 5.28. The Kier molecular flexibility index (Phi) is 4.82. The first kappa shape index (κ1) is 13.6.